The van der Waals surface area contributed by atoms with Crippen molar-refractivity contribution >= 4 is 44.8 Å². The van der Waals surface area contributed by atoms with E-state index < -0.39 is 0 Å². The first-order chi connectivity index (χ1) is 8.58. The quantitative estimate of drug-likeness (QED) is 0.796. The maximum Gasteiger partial charge on any atom is 0.267 e. The van der Waals surface area contributed by atoms with Crippen LogP contribution in [0, 0.1) is 0 Å². The molecule has 0 fully saturated rings. The number of allylic oxidation sites excluding steroid dienone is 1. The summed E-state index contributed by atoms with van der Waals surface area (Å²) in [6, 6.07) is 0. The molecule has 0 atom stereocenters. The molecule has 2 aliphatic rings. The SMILES string of the molecule is CC1=CCN2C(=O)CCc3c(Br)sc(c32)C(=O)N1. The van der Waals surface area contributed by atoms with Crippen LogP contribution in [0.1, 0.15) is 28.6 Å². The van der Waals surface area contributed by atoms with Crippen LogP contribution in [0.5, 0.6) is 0 Å². The number of nitrogens with one attached hydrogen (secondary N) is 1. The highest BCUT2D eigenvalue weighted by atomic mass is 79.9. The zero-order chi connectivity index (χ0) is 12.9. The normalized spacial score (nSPS) is 18.8. The third-order valence-corrected chi connectivity index (χ3v) is 5.16. The topological polar surface area (TPSA) is 49.4 Å². The lowest BCUT2D eigenvalue weighted by atomic mass is 10.0. The summed E-state index contributed by atoms with van der Waals surface area (Å²) in [6.07, 6.45) is 3.09. The van der Waals surface area contributed by atoms with Crippen molar-refractivity contribution in [3.8, 4) is 0 Å². The van der Waals surface area contributed by atoms with E-state index in [0.29, 0.717) is 24.3 Å². The number of nitrogens with zero attached hydrogens (tertiary/aromatic N) is 1. The van der Waals surface area contributed by atoms with Gasteiger partial charge in [0.2, 0.25) is 5.91 Å². The number of hydrogen-bond donors (Lipinski definition) is 1. The third kappa shape index (κ3) is 1.71. The van der Waals surface area contributed by atoms with Gasteiger partial charge < -0.3 is 10.2 Å². The Balaban J connectivity index is 2.21. The smallest absolute Gasteiger partial charge is 0.267 e. The fourth-order valence-electron chi connectivity index (χ4n) is 2.29. The minimum atomic E-state index is -0.130. The number of halogens is 1. The summed E-state index contributed by atoms with van der Waals surface area (Å²) in [5.41, 5.74) is 2.66. The maximum absolute atomic E-state index is 12.1. The van der Waals surface area contributed by atoms with Crippen LogP contribution in [0.2, 0.25) is 0 Å². The molecular weight excluding hydrogens is 316 g/mol. The number of thiophene rings is 1. The molecule has 6 heteroatoms. The van der Waals surface area contributed by atoms with Gasteiger partial charge in [-0.3, -0.25) is 9.59 Å². The first-order valence-corrected chi connectivity index (χ1v) is 7.28. The van der Waals surface area contributed by atoms with Gasteiger partial charge in [0.05, 0.1) is 9.47 Å². The fourth-order valence-corrected chi connectivity index (χ4v) is 4.13. The van der Waals surface area contributed by atoms with Crippen molar-refractivity contribution in [2.75, 3.05) is 11.4 Å². The molecule has 1 aromatic heterocycles. The monoisotopic (exact) mass is 326 g/mol. The van der Waals surface area contributed by atoms with E-state index in [1.165, 1.54) is 11.3 Å². The minimum absolute atomic E-state index is 0.0906. The zero-order valence-corrected chi connectivity index (χ0v) is 12.2. The van der Waals surface area contributed by atoms with Crippen LogP contribution in [-0.2, 0) is 11.2 Å². The number of hydrogen-bond acceptors (Lipinski definition) is 3. The zero-order valence-electron chi connectivity index (χ0n) is 9.75. The highest BCUT2D eigenvalue weighted by Crippen LogP contribution is 2.43. The Kier molecular flexibility index (Phi) is 2.79. The van der Waals surface area contributed by atoms with Gasteiger partial charge in [0.25, 0.3) is 5.91 Å². The molecule has 18 heavy (non-hydrogen) atoms. The molecule has 3 rings (SSSR count). The molecule has 0 radical (unpaired) electrons. The average molecular weight is 327 g/mol. The van der Waals surface area contributed by atoms with E-state index in [4.69, 9.17) is 0 Å². The highest BCUT2D eigenvalue weighted by molar-refractivity contribution is 9.11. The van der Waals surface area contributed by atoms with E-state index in [1.54, 1.807) is 4.90 Å². The third-order valence-electron chi connectivity index (χ3n) is 3.19. The van der Waals surface area contributed by atoms with Gasteiger partial charge in [-0.15, -0.1) is 11.3 Å². The largest absolute Gasteiger partial charge is 0.325 e. The van der Waals surface area contributed by atoms with Crippen molar-refractivity contribution in [1.82, 2.24) is 5.32 Å². The number of rotatable bonds is 0. The molecule has 1 aromatic rings. The van der Waals surface area contributed by atoms with Gasteiger partial charge >= 0.3 is 0 Å². The summed E-state index contributed by atoms with van der Waals surface area (Å²) >= 11 is 4.90. The van der Waals surface area contributed by atoms with E-state index >= 15 is 0 Å². The van der Waals surface area contributed by atoms with Gasteiger partial charge in [0.15, 0.2) is 0 Å². The standard InChI is InChI=1S/C12H11BrN2O2S/c1-6-4-5-15-8(16)3-2-7-9(15)10(12(17)14-6)18-11(7)13/h4H,2-3,5H2,1H3,(H,14,17). The van der Waals surface area contributed by atoms with Crippen LogP contribution in [0.15, 0.2) is 15.6 Å². The van der Waals surface area contributed by atoms with E-state index in [-0.39, 0.29) is 11.8 Å². The highest BCUT2D eigenvalue weighted by Gasteiger charge is 2.33. The minimum Gasteiger partial charge on any atom is -0.325 e. The second-order valence-electron chi connectivity index (χ2n) is 4.38. The second kappa shape index (κ2) is 4.20. The second-order valence-corrected chi connectivity index (χ2v) is 6.72. The molecule has 0 saturated carbocycles. The van der Waals surface area contributed by atoms with Gasteiger partial charge in [-0.1, -0.05) is 0 Å². The number of carbonyl (C=O) groups excluding carboxylic acids is 2. The molecule has 2 amide bonds. The molecule has 94 valence electrons. The van der Waals surface area contributed by atoms with Crippen molar-refractivity contribution in [3.05, 3.63) is 26.0 Å². The Hall–Kier alpha value is -1.14. The molecular formula is C12H11BrN2O2S. The van der Waals surface area contributed by atoms with Crippen LogP contribution in [0.25, 0.3) is 0 Å². The Morgan fingerprint density at radius 3 is 2.94 bits per heavy atom. The summed E-state index contributed by atoms with van der Waals surface area (Å²) in [5, 5.41) is 2.84. The fraction of sp³-hybridized carbons (Fsp3) is 0.333. The summed E-state index contributed by atoms with van der Waals surface area (Å²) < 4.78 is 0.958. The molecule has 0 unspecified atom stereocenters. The lowest BCUT2D eigenvalue weighted by Gasteiger charge is -2.29. The summed E-state index contributed by atoms with van der Waals surface area (Å²) in [6.45, 7) is 2.36. The lowest BCUT2D eigenvalue weighted by Crippen LogP contribution is -2.38. The van der Waals surface area contributed by atoms with E-state index in [0.717, 1.165) is 20.7 Å². The first kappa shape index (κ1) is 11.9. The molecule has 0 aromatic carbocycles. The molecule has 0 spiro atoms. The molecule has 0 aliphatic carbocycles. The van der Waals surface area contributed by atoms with Gasteiger partial charge in [0, 0.05) is 24.2 Å². The van der Waals surface area contributed by atoms with Gasteiger partial charge in [-0.25, -0.2) is 0 Å². The summed E-state index contributed by atoms with van der Waals surface area (Å²) in [4.78, 5) is 26.5. The van der Waals surface area contributed by atoms with Crippen LogP contribution < -0.4 is 10.2 Å². The first-order valence-electron chi connectivity index (χ1n) is 5.67. The Labute approximate surface area is 117 Å². The van der Waals surface area contributed by atoms with Crippen molar-refractivity contribution in [1.29, 1.82) is 0 Å². The van der Waals surface area contributed by atoms with E-state index in [9.17, 15) is 9.59 Å². The van der Waals surface area contributed by atoms with Crippen molar-refractivity contribution < 1.29 is 9.59 Å². The number of carbonyl (C=O) groups is 2. The lowest BCUT2D eigenvalue weighted by molar-refractivity contribution is -0.118. The molecule has 4 nitrogen and oxygen atoms in total. The predicted octanol–water partition coefficient (Wildman–Crippen LogP) is 2.44. The summed E-state index contributed by atoms with van der Waals surface area (Å²) in [5.74, 6) is -0.0390. The summed E-state index contributed by atoms with van der Waals surface area (Å²) in [7, 11) is 0. The maximum atomic E-state index is 12.1. The van der Waals surface area contributed by atoms with Gasteiger partial charge in [-0.2, -0.15) is 0 Å². The number of amides is 2. The molecule has 0 bridgehead atoms. The molecule has 1 N–H and O–H groups in total. The van der Waals surface area contributed by atoms with Crippen LogP contribution in [0.4, 0.5) is 5.69 Å². The van der Waals surface area contributed by atoms with Crippen molar-refractivity contribution in [2.45, 2.75) is 19.8 Å². The molecule has 3 heterocycles. The number of anilines is 1. The van der Waals surface area contributed by atoms with Crippen LogP contribution in [0.3, 0.4) is 0 Å². The van der Waals surface area contributed by atoms with Crippen molar-refractivity contribution in [2.24, 2.45) is 0 Å². The Bertz CT molecular complexity index is 591. The van der Waals surface area contributed by atoms with E-state index in [1.807, 2.05) is 13.0 Å². The molecule has 0 saturated heterocycles. The van der Waals surface area contributed by atoms with E-state index in [2.05, 4.69) is 21.2 Å². The van der Waals surface area contributed by atoms with Crippen LogP contribution in [-0.4, -0.2) is 18.4 Å². The Morgan fingerprint density at radius 1 is 1.39 bits per heavy atom. The van der Waals surface area contributed by atoms with Crippen molar-refractivity contribution in [3.63, 3.8) is 0 Å². The van der Waals surface area contributed by atoms with Gasteiger partial charge in [0.1, 0.15) is 4.88 Å². The molecule has 2 aliphatic heterocycles. The van der Waals surface area contributed by atoms with Crippen LogP contribution >= 0.6 is 27.3 Å². The average Bonchev–Trinajstić information content (AvgIpc) is 2.64. The Morgan fingerprint density at radius 2 is 2.17 bits per heavy atom. The van der Waals surface area contributed by atoms with Gasteiger partial charge in [-0.05, 0) is 35.4 Å². The predicted molar refractivity (Wildman–Crippen MR) is 73.9 cm³/mol.